The van der Waals surface area contributed by atoms with E-state index in [1.807, 2.05) is 37.4 Å². The first-order valence-electron chi connectivity index (χ1n) is 6.90. The molecule has 0 heterocycles. The summed E-state index contributed by atoms with van der Waals surface area (Å²) in [6, 6.07) is 13.5. The Balaban J connectivity index is 1.83. The number of rotatable bonds is 6. The number of amides is 1. The van der Waals surface area contributed by atoms with Gasteiger partial charge in [0.25, 0.3) is 5.91 Å². The predicted molar refractivity (Wildman–Crippen MR) is 86.7 cm³/mol. The SMILES string of the molecule is CSc1ccc([C@H](C)NC(=O)COc2ccc(F)cc2)cc1. The van der Waals surface area contributed by atoms with E-state index in [-0.39, 0.29) is 24.4 Å². The van der Waals surface area contributed by atoms with Gasteiger partial charge in [0.2, 0.25) is 0 Å². The minimum absolute atomic E-state index is 0.0970. The maximum atomic E-state index is 12.8. The highest BCUT2D eigenvalue weighted by molar-refractivity contribution is 7.98. The van der Waals surface area contributed by atoms with Crippen LogP contribution in [0.4, 0.5) is 4.39 Å². The van der Waals surface area contributed by atoms with Gasteiger partial charge < -0.3 is 10.1 Å². The molecule has 0 spiro atoms. The van der Waals surface area contributed by atoms with Crippen LogP contribution in [-0.4, -0.2) is 18.8 Å². The topological polar surface area (TPSA) is 38.3 Å². The lowest BCUT2D eigenvalue weighted by molar-refractivity contribution is -0.123. The third-order valence-corrected chi connectivity index (χ3v) is 3.92. The Morgan fingerprint density at radius 1 is 1.18 bits per heavy atom. The number of nitrogens with one attached hydrogen (secondary N) is 1. The number of hydrogen-bond acceptors (Lipinski definition) is 3. The number of halogens is 1. The quantitative estimate of drug-likeness (QED) is 0.823. The first-order chi connectivity index (χ1) is 10.6. The first-order valence-corrected chi connectivity index (χ1v) is 8.12. The van der Waals surface area contributed by atoms with Crippen LogP contribution in [0.3, 0.4) is 0 Å². The fourth-order valence-corrected chi connectivity index (χ4v) is 2.35. The van der Waals surface area contributed by atoms with Crippen LogP contribution in [0.1, 0.15) is 18.5 Å². The summed E-state index contributed by atoms with van der Waals surface area (Å²) in [6.07, 6.45) is 2.02. The van der Waals surface area contributed by atoms with Crippen molar-refractivity contribution in [1.29, 1.82) is 0 Å². The minimum Gasteiger partial charge on any atom is -0.484 e. The summed E-state index contributed by atoms with van der Waals surface area (Å²) in [5.41, 5.74) is 1.04. The van der Waals surface area contributed by atoms with Crippen LogP contribution in [-0.2, 0) is 4.79 Å². The second-order valence-corrected chi connectivity index (χ2v) is 5.68. The van der Waals surface area contributed by atoms with Gasteiger partial charge in [-0.2, -0.15) is 0 Å². The average molecular weight is 319 g/mol. The maximum absolute atomic E-state index is 12.8. The highest BCUT2D eigenvalue weighted by Gasteiger charge is 2.10. The van der Waals surface area contributed by atoms with Gasteiger partial charge in [-0.1, -0.05) is 12.1 Å². The van der Waals surface area contributed by atoms with Crippen molar-refractivity contribution in [1.82, 2.24) is 5.32 Å². The zero-order valence-electron chi connectivity index (χ0n) is 12.5. The summed E-state index contributed by atoms with van der Waals surface area (Å²) in [4.78, 5) is 13.1. The molecule has 0 saturated carbocycles. The molecule has 0 aliphatic carbocycles. The summed E-state index contributed by atoms with van der Waals surface area (Å²) in [7, 11) is 0. The van der Waals surface area contributed by atoms with Crippen molar-refractivity contribution < 1.29 is 13.9 Å². The third-order valence-electron chi connectivity index (χ3n) is 3.18. The van der Waals surface area contributed by atoms with Gasteiger partial charge in [0.1, 0.15) is 11.6 Å². The average Bonchev–Trinajstić information content (AvgIpc) is 2.54. The lowest BCUT2D eigenvalue weighted by Crippen LogP contribution is -2.31. The van der Waals surface area contributed by atoms with E-state index in [2.05, 4.69) is 5.32 Å². The Bertz CT molecular complexity index is 614. The zero-order valence-corrected chi connectivity index (χ0v) is 13.3. The summed E-state index contributed by atoms with van der Waals surface area (Å²) >= 11 is 1.68. The van der Waals surface area contributed by atoms with Crippen LogP contribution in [0, 0.1) is 5.82 Å². The largest absolute Gasteiger partial charge is 0.484 e. The van der Waals surface area contributed by atoms with Crippen molar-refractivity contribution in [3.05, 3.63) is 59.9 Å². The summed E-state index contributed by atoms with van der Waals surface area (Å²) < 4.78 is 18.1. The van der Waals surface area contributed by atoms with Crippen LogP contribution < -0.4 is 10.1 Å². The molecule has 1 atom stereocenters. The zero-order chi connectivity index (χ0) is 15.9. The number of benzene rings is 2. The Labute approximate surface area is 133 Å². The molecule has 0 saturated heterocycles. The smallest absolute Gasteiger partial charge is 0.258 e. The molecule has 2 rings (SSSR count). The standard InChI is InChI=1S/C17H18FNO2S/c1-12(13-3-9-16(22-2)10-4-13)19-17(20)11-21-15-7-5-14(18)6-8-15/h3-10,12H,11H2,1-2H3,(H,19,20)/t12-/m0/s1. The van der Waals surface area contributed by atoms with E-state index in [1.54, 1.807) is 11.8 Å². The minimum atomic E-state index is -0.334. The lowest BCUT2D eigenvalue weighted by Gasteiger charge is -2.15. The molecule has 22 heavy (non-hydrogen) atoms. The fourth-order valence-electron chi connectivity index (χ4n) is 1.94. The Morgan fingerprint density at radius 3 is 2.41 bits per heavy atom. The van der Waals surface area contributed by atoms with E-state index < -0.39 is 0 Å². The fraction of sp³-hybridized carbons (Fsp3) is 0.235. The predicted octanol–water partition coefficient (Wildman–Crippen LogP) is 3.80. The van der Waals surface area contributed by atoms with Crippen molar-refractivity contribution in [2.24, 2.45) is 0 Å². The molecule has 2 aromatic carbocycles. The van der Waals surface area contributed by atoms with Crippen LogP contribution >= 0.6 is 11.8 Å². The molecular weight excluding hydrogens is 301 g/mol. The van der Waals surface area contributed by atoms with Gasteiger partial charge in [-0.15, -0.1) is 11.8 Å². The normalized spacial score (nSPS) is 11.8. The van der Waals surface area contributed by atoms with Gasteiger partial charge in [-0.05, 0) is 55.1 Å². The molecule has 0 unspecified atom stereocenters. The van der Waals surface area contributed by atoms with Crippen LogP contribution in [0.25, 0.3) is 0 Å². The molecule has 2 aromatic rings. The number of carbonyl (C=O) groups is 1. The Morgan fingerprint density at radius 2 is 1.82 bits per heavy atom. The van der Waals surface area contributed by atoms with Crippen LogP contribution in [0.5, 0.6) is 5.75 Å². The molecule has 3 nitrogen and oxygen atoms in total. The second kappa shape index (κ2) is 7.84. The molecule has 5 heteroatoms. The Hall–Kier alpha value is -2.01. The molecule has 0 aliphatic heterocycles. The number of carbonyl (C=O) groups excluding carboxylic acids is 1. The van der Waals surface area contributed by atoms with E-state index in [9.17, 15) is 9.18 Å². The number of hydrogen-bond donors (Lipinski definition) is 1. The van der Waals surface area contributed by atoms with Gasteiger partial charge in [0.15, 0.2) is 6.61 Å². The highest BCUT2D eigenvalue weighted by Crippen LogP contribution is 2.19. The van der Waals surface area contributed by atoms with Gasteiger partial charge in [0.05, 0.1) is 6.04 Å². The molecule has 0 aromatic heterocycles. The van der Waals surface area contributed by atoms with Crippen molar-refractivity contribution in [3.8, 4) is 5.75 Å². The molecule has 1 amide bonds. The lowest BCUT2D eigenvalue weighted by atomic mass is 10.1. The highest BCUT2D eigenvalue weighted by atomic mass is 32.2. The van der Waals surface area contributed by atoms with Gasteiger partial charge in [0, 0.05) is 4.90 Å². The third kappa shape index (κ3) is 4.77. The van der Waals surface area contributed by atoms with Crippen molar-refractivity contribution >= 4 is 17.7 Å². The van der Waals surface area contributed by atoms with E-state index in [0.29, 0.717) is 5.75 Å². The van der Waals surface area contributed by atoms with Crippen molar-refractivity contribution in [2.45, 2.75) is 17.9 Å². The van der Waals surface area contributed by atoms with E-state index in [0.717, 1.165) is 5.56 Å². The molecule has 0 fully saturated rings. The molecular formula is C17H18FNO2S. The van der Waals surface area contributed by atoms with Gasteiger partial charge in [-0.3, -0.25) is 4.79 Å². The molecule has 1 N–H and O–H groups in total. The monoisotopic (exact) mass is 319 g/mol. The van der Waals surface area contributed by atoms with Gasteiger partial charge >= 0.3 is 0 Å². The van der Waals surface area contributed by atoms with Gasteiger partial charge in [-0.25, -0.2) is 4.39 Å². The molecule has 0 aliphatic rings. The van der Waals surface area contributed by atoms with E-state index in [4.69, 9.17) is 4.74 Å². The summed E-state index contributed by atoms with van der Waals surface area (Å²) in [5, 5.41) is 2.87. The number of thioether (sulfide) groups is 1. The molecule has 116 valence electrons. The van der Waals surface area contributed by atoms with E-state index >= 15 is 0 Å². The van der Waals surface area contributed by atoms with Crippen LogP contribution in [0.2, 0.25) is 0 Å². The molecule has 0 radical (unpaired) electrons. The second-order valence-electron chi connectivity index (χ2n) is 4.80. The summed E-state index contributed by atoms with van der Waals surface area (Å²) in [6.45, 7) is 1.82. The van der Waals surface area contributed by atoms with Crippen molar-refractivity contribution in [3.63, 3.8) is 0 Å². The summed E-state index contributed by atoms with van der Waals surface area (Å²) in [5.74, 6) is -0.0848. The maximum Gasteiger partial charge on any atom is 0.258 e. The number of ether oxygens (including phenoxy) is 1. The van der Waals surface area contributed by atoms with Crippen LogP contribution in [0.15, 0.2) is 53.4 Å². The molecule has 0 bridgehead atoms. The Kier molecular flexibility index (Phi) is 5.83. The first kappa shape index (κ1) is 16.4. The van der Waals surface area contributed by atoms with E-state index in [1.165, 1.54) is 29.2 Å². The van der Waals surface area contributed by atoms with Crippen molar-refractivity contribution in [2.75, 3.05) is 12.9 Å².